The number of hydrogen-bond acceptors (Lipinski definition) is 2. The van der Waals surface area contributed by atoms with Crippen molar-refractivity contribution in [2.45, 2.75) is 13.5 Å². The molecule has 0 aliphatic heterocycles. The second-order valence-corrected chi connectivity index (χ2v) is 3.73. The lowest BCUT2D eigenvalue weighted by molar-refractivity contribution is 0.554. The maximum absolute atomic E-state index is 5.33. The van der Waals surface area contributed by atoms with Crippen LogP contribution in [0.1, 0.15) is 11.1 Å². The van der Waals surface area contributed by atoms with Gasteiger partial charge in [-0.2, -0.15) is 0 Å². The molecular weight excluding hydrogens is 186 g/mol. The summed E-state index contributed by atoms with van der Waals surface area (Å²) >= 11 is 0. The number of furan rings is 1. The number of benzene rings is 1. The molecule has 15 heavy (non-hydrogen) atoms. The highest BCUT2D eigenvalue weighted by molar-refractivity contribution is 5.36. The van der Waals surface area contributed by atoms with Crippen molar-refractivity contribution in [3.8, 4) is 0 Å². The fraction of sp³-hybridized carbons (Fsp3) is 0.231. The zero-order valence-electron chi connectivity index (χ0n) is 9.10. The molecule has 2 aromatic rings. The van der Waals surface area contributed by atoms with Gasteiger partial charge in [-0.25, -0.2) is 0 Å². The van der Waals surface area contributed by atoms with E-state index in [1.54, 1.807) is 6.26 Å². The minimum absolute atomic E-state index is 0.875. The van der Waals surface area contributed by atoms with Gasteiger partial charge in [0.1, 0.15) is 0 Å². The van der Waals surface area contributed by atoms with Crippen LogP contribution < -0.4 is 4.90 Å². The molecule has 2 heteroatoms. The van der Waals surface area contributed by atoms with Gasteiger partial charge in [-0.15, -0.1) is 0 Å². The van der Waals surface area contributed by atoms with Crippen LogP contribution in [0.5, 0.6) is 0 Å². The van der Waals surface area contributed by atoms with Gasteiger partial charge in [0.25, 0.3) is 0 Å². The Morgan fingerprint density at radius 1 is 1.13 bits per heavy atom. The SMILES string of the molecule is Cc1ccccc1CN(C)c1ccco1. The quantitative estimate of drug-likeness (QED) is 0.758. The highest BCUT2D eigenvalue weighted by Gasteiger charge is 2.05. The van der Waals surface area contributed by atoms with Gasteiger partial charge >= 0.3 is 0 Å². The molecule has 0 amide bonds. The fourth-order valence-corrected chi connectivity index (χ4v) is 1.61. The van der Waals surface area contributed by atoms with E-state index in [2.05, 4.69) is 36.1 Å². The normalized spacial score (nSPS) is 10.3. The molecule has 1 heterocycles. The van der Waals surface area contributed by atoms with Gasteiger partial charge in [0.05, 0.1) is 6.26 Å². The van der Waals surface area contributed by atoms with Crippen LogP contribution in [0.15, 0.2) is 47.1 Å². The molecule has 0 fully saturated rings. The number of nitrogens with zero attached hydrogens (tertiary/aromatic N) is 1. The fourth-order valence-electron chi connectivity index (χ4n) is 1.61. The predicted molar refractivity (Wildman–Crippen MR) is 62.0 cm³/mol. The summed E-state index contributed by atoms with van der Waals surface area (Å²) in [5.74, 6) is 0.901. The molecule has 0 spiro atoms. The summed E-state index contributed by atoms with van der Waals surface area (Å²) in [5.41, 5.74) is 2.65. The van der Waals surface area contributed by atoms with E-state index in [1.807, 2.05) is 19.2 Å². The molecule has 0 aliphatic rings. The Labute approximate surface area is 90.1 Å². The first-order chi connectivity index (χ1) is 7.27. The Morgan fingerprint density at radius 2 is 1.93 bits per heavy atom. The molecule has 0 saturated carbocycles. The molecule has 0 aliphatic carbocycles. The van der Waals surface area contributed by atoms with Crippen molar-refractivity contribution >= 4 is 5.88 Å². The van der Waals surface area contributed by atoms with E-state index in [1.165, 1.54) is 11.1 Å². The molecule has 0 unspecified atom stereocenters. The third-order valence-corrected chi connectivity index (χ3v) is 2.55. The van der Waals surface area contributed by atoms with Gasteiger partial charge in [0, 0.05) is 19.7 Å². The summed E-state index contributed by atoms with van der Waals surface area (Å²) in [5, 5.41) is 0. The molecular formula is C13H15NO. The third-order valence-electron chi connectivity index (χ3n) is 2.55. The van der Waals surface area contributed by atoms with Crippen LogP contribution in [-0.4, -0.2) is 7.05 Å². The zero-order chi connectivity index (χ0) is 10.7. The first kappa shape index (κ1) is 9.84. The van der Waals surface area contributed by atoms with Crippen LogP contribution in [0.2, 0.25) is 0 Å². The van der Waals surface area contributed by atoms with Gasteiger partial charge in [0.15, 0.2) is 5.88 Å². The molecule has 0 N–H and O–H groups in total. The molecule has 0 saturated heterocycles. The lowest BCUT2D eigenvalue weighted by Gasteiger charge is -2.17. The van der Waals surface area contributed by atoms with Crippen molar-refractivity contribution in [1.82, 2.24) is 0 Å². The van der Waals surface area contributed by atoms with Crippen LogP contribution in [0.25, 0.3) is 0 Å². The molecule has 2 nitrogen and oxygen atoms in total. The summed E-state index contributed by atoms with van der Waals surface area (Å²) in [4.78, 5) is 2.10. The maximum Gasteiger partial charge on any atom is 0.195 e. The van der Waals surface area contributed by atoms with Gasteiger partial charge in [0.2, 0.25) is 0 Å². The summed E-state index contributed by atoms with van der Waals surface area (Å²) in [6.45, 7) is 3.01. The number of aryl methyl sites for hydroxylation is 1. The standard InChI is InChI=1S/C13H15NO/c1-11-6-3-4-7-12(11)10-14(2)13-8-5-9-15-13/h3-9H,10H2,1-2H3. The monoisotopic (exact) mass is 201 g/mol. The molecule has 0 radical (unpaired) electrons. The van der Waals surface area contributed by atoms with E-state index in [4.69, 9.17) is 4.42 Å². The lowest BCUT2D eigenvalue weighted by Crippen LogP contribution is -2.16. The van der Waals surface area contributed by atoms with Crippen LogP contribution in [-0.2, 0) is 6.54 Å². The smallest absolute Gasteiger partial charge is 0.195 e. The average Bonchev–Trinajstić information content (AvgIpc) is 2.74. The van der Waals surface area contributed by atoms with Crippen LogP contribution >= 0.6 is 0 Å². The predicted octanol–water partition coefficient (Wildman–Crippen LogP) is 3.22. The lowest BCUT2D eigenvalue weighted by atomic mass is 10.1. The minimum Gasteiger partial charge on any atom is -0.449 e. The number of rotatable bonds is 3. The van der Waals surface area contributed by atoms with Gasteiger partial charge in [-0.05, 0) is 24.1 Å². The summed E-state index contributed by atoms with van der Waals surface area (Å²) in [6.07, 6.45) is 1.70. The van der Waals surface area contributed by atoms with Crippen molar-refractivity contribution in [3.05, 3.63) is 53.8 Å². The highest BCUT2D eigenvalue weighted by Crippen LogP contribution is 2.17. The molecule has 78 valence electrons. The Bertz CT molecular complexity index is 420. The largest absolute Gasteiger partial charge is 0.449 e. The minimum atomic E-state index is 0.875. The van der Waals surface area contributed by atoms with Crippen LogP contribution in [0, 0.1) is 6.92 Å². The van der Waals surface area contributed by atoms with Crippen LogP contribution in [0.3, 0.4) is 0 Å². The van der Waals surface area contributed by atoms with Crippen molar-refractivity contribution in [3.63, 3.8) is 0 Å². The average molecular weight is 201 g/mol. The van der Waals surface area contributed by atoms with Crippen molar-refractivity contribution in [1.29, 1.82) is 0 Å². The summed E-state index contributed by atoms with van der Waals surface area (Å²) in [7, 11) is 2.03. The van der Waals surface area contributed by atoms with Crippen molar-refractivity contribution in [2.75, 3.05) is 11.9 Å². The molecule has 1 aromatic heterocycles. The molecule has 0 bridgehead atoms. The number of hydrogen-bond donors (Lipinski definition) is 0. The third kappa shape index (κ3) is 2.21. The van der Waals surface area contributed by atoms with Crippen LogP contribution in [0.4, 0.5) is 5.88 Å². The maximum atomic E-state index is 5.33. The topological polar surface area (TPSA) is 16.4 Å². The second-order valence-electron chi connectivity index (χ2n) is 3.73. The van der Waals surface area contributed by atoms with E-state index in [9.17, 15) is 0 Å². The second kappa shape index (κ2) is 4.22. The van der Waals surface area contributed by atoms with Crippen molar-refractivity contribution in [2.24, 2.45) is 0 Å². The van der Waals surface area contributed by atoms with E-state index in [-0.39, 0.29) is 0 Å². The van der Waals surface area contributed by atoms with E-state index < -0.39 is 0 Å². The molecule has 0 atom stereocenters. The van der Waals surface area contributed by atoms with E-state index in [0.29, 0.717) is 0 Å². The Morgan fingerprint density at radius 3 is 2.60 bits per heavy atom. The summed E-state index contributed by atoms with van der Waals surface area (Å²) in [6, 6.07) is 12.3. The van der Waals surface area contributed by atoms with Crippen molar-refractivity contribution < 1.29 is 4.42 Å². The first-order valence-corrected chi connectivity index (χ1v) is 5.06. The highest BCUT2D eigenvalue weighted by atomic mass is 16.3. The molecule has 2 rings (SSSR count). The Hall–Kier alpha value is -1.70. The van der Waals surface area contributed by atoms with Gasteiger partial charge in [-0.1, -0.05) is 24.3 Å². The summed E-state index contributed by atoms with van der Waals surface area (Å²) < 4.78 is 5.33. The first-order valence-electron chi connectivity index (χ1n) is 5.06. The Kier molecular flexibility index (Phi) is 2.77. The van der Waals surface area contributed by atoms with Gasteiger partial charge in [-0.3, -0.25) is 0 Å². The molecule has 1 aromatic carbocycles. The Balaban J connectivity index is 2.13. The van der Waals surface area contributed by atoms with E-state index >= 15 is 0 Å². The zero-order valence-corrected chi connectivity index (χ0v) is 9.10. The van der Waals surface area contributed by atoms with Gasteiger partial charge < -0.3 is 9.32 Å². The van der Waals surface area contributed by atoms with E-state index in [0.717, 1.165) is 12.4 Å². The number of anilines is 1.